The maximum absolute atomic E-state index is 11.6. The number of hydrogen-bond donors (Lipinski definition) is 2. The van der Waals surface area contributed by atoms with Crippen molar-refractivity contribution in [1.29, 1.82) is 5.26 Å². The molecule has 1 aromatic rings. The van der Waals surface area contributed by atoms with Crippen molar-refractivity contribution in [3.8, 4) is 11.8 Å². The summed E-state index contributed by atoms with van der Waals surface area (Å²) in [5.41, 5.74) is 0.631. The lowest BCUT2D eigenvalue weighted by Crippen LogP contribution is -2.35. The van der Waals surface area contributed by atoms with Gasteiger partial charge in [-0.05, 0) is 25.5 Å². The summed E-state index contributed by atoms with van der Waals surface area (Å²) in [4.78, 5) is 11.6. The number of carbonyl (C=O) groups excluding carboxylic acids is 1. The number of amides is 2. The summed E-state index contributed by atoms with van der Waals surface area (Å²) in [5, 5.41) is 13.9. The van der Waals surface area contributed by atoms with E-state index in [1.165, 1.54) is 0 Å². The first kappa shape index (κ1) is 13.8. The second kappa shape index (κ2) is 7.17. The highest BCUT2D eigenvalue weighted by Gasteiger charge is 2.05. The Bertz CT molecular complexity index is 440. The number of ether oxygens (including phenoxy) is 1. The number of hydrogen-bond acceptors (Lipinski definition) is 3. The number of anilines is 1. The molecule has 0 bridgehead atoms. The number of carbonyl (C=O) groups is 1. The number of nitrogens with one attached hydrogen (secondary N) is 2. The highest BCUT2D eigenvalue weighted by molar-refractivity contribution is 5.89. The monoisotopic (exact) mass is 247 g/mol. The first-order chi connectivity index (χ1) is 8.65. The molecule has 0 aliphatic carbocycles. The number of benzene rings is 1. The molecular formula is C13H17N3O2. The largest absolute Gasteiger partial charge is 0.479 e. The van der Waals surface area contributed by atoms with Crippen molar-refractivity contribution >= 4 is 11.7 Å². The molecule has 1 atom stereocenters. The van der Waals surface area contributed by atoms with Crippen LogP contribution in [0, 0.1) is 11.3 Å². The zero-order valence-corrected chi connectivity index (χ0v) is 10.6. The highest BCUT2D eigenvalue weighted by Crippen LogP contribution is 2.17. The van der Waals surface area contributed by atoms with E-state index in [1.54, 1.807) is 24.3 Å². The van der Waals surface area contributed by atoms with Crippen LogP contribution in [0.1, 0.15) is 20.3 Å². The average Bonchev–Trinajstić information content (AvgIpc) is 2.36. The van der Waals surface area contributed by atoms with E-state index in [1.807, 2.05) is 19.9 Å². The van der Waals surface area contributed by atoms with Crippen LogP contribution in [0.5, 0.6) is 5.75 Å². The number of urea groups is 1. The Balaban J connectivity index is 2.56. The third kappa shape index (κ3) is 4.74. The van der Waals surface area contributed by atoms with Crippen LogP contribution in [0.25, 0.3) is 0 Å². The average molecular weight is 247 g/mol. The molecule has 0 radical (unpaired) electrons. The molecule has 0 fully saturated rings. The zero-order chi connectivity index (χ0) is 13.4. The minimum absolute atomic E-state index is 0.0114. The fourth-order valence-electron chi connectivity index (χ4n) is 1.27. The van der Waals surface area contributed by atoms with Gasteiger partial charge in [-0.1, -0.05) is 13.0 Å². The van der Waals surface area contributed by atoms with Crippen molar-refractivity contribution in [3.63, 3.8) is 0 Å². The van der Waals surface area contributed by atoms with Crippen LogP contribution < -0.4 is 15.4 Å². The van der Waals surface area contributed by atoms with E-state index in [9.17, 15) is 4.79 Å². The Labute approximate surface area is 107 Å². The van der Waals surface area contributed by atoms with Gasteiger partial charge in [0.05, 0.1) is 0 Å². The quantitative estimate of drug-likeness (QED) is 0.839. The molecule has 2 amide bonds. The fourth-order valence-corrected chi connectivity index (χ4v) is 1.27. The maximum atomic E-state index is 11.6. The van der Waals surface area contributed by atoms with Crippen LogP contribution in [0.4, 0.5) is 10.5 Å². The predicted molar refractivity (Wildman–Crippen MR) is 69.5 cm³/mol. The van der Waals surface area contributed by atoms with Gasteiger partial charge in [0.2, 0.25) is 0 Å². The summed E-state index contributed by atoms with van der Waals surface area (Å²) in [6.45, 7) is 3.93. The molecule has 18 heavy (non-hydrogen) atoms. The SMILES string of the molecule is CC[C@@H](C)NC(=O)Nc1cccc(OCC#N)c1. The molecule has 0 unspecified atom stereocenters. The van der Waals surface area contributed by atoms with Gasteiger partial charge in [-0.25, -0.2) is 4.79 Å². The van der Waals surface area contributed by atoms with E-state index in [0.717, 1.165) is 6.42 Å². The summed E-state index contributed by atoms with van der Waals surface area (Å²) < 4.78 is 5.15. The van der Waals surface area contributed by atoms with E-state index in [4.69, 9.17) is 10.00 Å². The first-order valence-corrected chi connectivity index (χ1v) is 5.83. The van der Waals surface area contributed by atoms with E-state index in [2.05, 4.69) is 10.6 Å². The van der Waals surface area contributed by atoms with Crippen LogP contribution in [-0.4, -0.2) is 18.7 Å². The van der Waals surface area contributed by atoms with Crippen LogP contribution >= 0.6 is 0 Å². The number of nitriles is 1. The normalized spacial score (nSPS) is 11.2. The minimum atomic E-state index is -0.248. The summed E-state index contributed by atoms with van der Waals surface area (Å²) >= 11 is 0. The third-order valence-corrected chi connectivity index (χ3v) is 2.39. The summed E-state index contributed by atoms with van der Waals surface area (Å²) in [6.07, 6.45) is 0.874. The Hall–Kier alpha value is -2.22. The van der Waals surface area contributed by atoms with Gasteiger partial charge in [0.15, 0.2) is 6.61 Å². The first-order valence-electron chi connectivity index (χ1n) is 5.83. The van der Waals surface area contributed by atoms with Crippen LogP contribution in [0.15, 0.2) is 24.3 Å². The van der Waals surface area contributed by atoms with E-state index >= 15 is 0 Å². The van der Waals surface area contributed by atoms with Crippen LogP contribution in [0.2, 0.25) is 0 Å². The molecule has 0 saturated heterocycles. The van der Waals surface area contributed by atoms with Crippen molar-refractivity contribution in [2.24, 2.45) is 0 Å². The summed E-state index contributed by atoms with van der Waals surface area (Å²) in [6, 6.07) is 8.69. The molecular weight excluding hydrogens is 230 g/mol. The standard InChI is InChI=1S/C13H17N3O2/c1-3-10(2)15-13(17)16-11-5-4-6-12(9-11)18-8-7-14/h4-6,9-10H,3,8H2,1-2H3,(H2,15,16,17)/t10-/m1/s1. The molecule has 0 aromatic heterocycles. The lowest BCUT2D eigenvalue weighted by Gasteiger charge is -2.13. The molecule has 5 heteroatoms. The molecule has 0 saturated carbocycles. The van der Waals surface area contributed by atoms with Gasteiger partial charge in [0.25, 0.3) is 0 Å². The molecule has 0 aliphatic heterocycles. The van der Waals surface area contributed by atoms with E-state index in [0.29, 0.717) is 11.4 Å². The number of rotatable bonds is 5. The van der Waals surface area contributed by atoms with Crippen molar-refractivity contribution in [1.82, 2.24) is 5.32 Å². The zero-order valence-electron chi connectivity index (χ0n) is 10.6. The predicted octanol–water partition coefficient (Wildman–Crippen LogP) is 2.51. The van der Waals surface area contributed by atoms with Gasteiger partial charge < -0.3 is 15.4 Å². The lowest BCUT2D eigenvalue weighted by molar-refractivity contribution is 0.249. The van der Waals surface area contributed by atoms with E-state index in [-0.39, 0.29) is 18.7 Å². The Morgan fingerprint density at radius 3 is 3.00 bits per heavy atom. The van der Waals surface area contributed by atoms with Crippen molar-refractivity contribution in [2.75, 3.05) is 11.9 Å². The molecule has 0 heterocycles. The third-order valence-electron chi connectivity index (χ3n) is 2.39. The molecule has 2 N–H and O–H groups in total. The van der Waals surface area contributed by atoms with Crippen molar-refractivity contribution < 1.29 is 9.53 Å². The number of nitrogens with zero attached hydrogens (tertiary/aromatic N) is 1. The molecule has 1 aromatic carbocycles. The second-order valence-electron chi connectivity index (χ2n) is 3.88. The summed E-state index contributed by atoms with van der Waals surface area (Å²) in [7, 11) is 0. The maximum Gasteiger partial charge on any atom is 0.319 e. The summed E-state index contributed by atoms with van der Waals surface area (Å²) in [5.74, 6) is 0.554. The van der Waals surface area contributed by atoms with Crippen LogP contribution in [-0.2, 0) is 0 Å². The van der Waals surface area contributed by atoms with Gasteiger partial charge in [-0.15, -0.1) is 0 Å². The Morgan fingerprint density at radius 1 is 1.56 bits per heavy atom. The van der Waals surface area contributed by atoms with Crippen LogP contribution in [0.3, 0.4) is 0 Å². The van der Waals surface area contributed by atoms with Gasteiger partial charge >= 0.3 is 6.03 Å². The Kier molecular flexibility index (Phi) is 5.52. The van der Waals surface area contributed by atoms with Gasteiger partial charge in [0, 0.05) is 17.8 Å². The van der Waals surface area contributed by atoms with Gasteiger partial charge in [-0.2, -0.15) is 5.26 Å². The molecule has 0 spiro atoms. The molecule has 0 aliphatic rings. The van der Waals surface area contributed by atoms with Crippen molar-refractivity contribution in [3.05, 3.63) is 24.3 Å². The topological polar surface area (TPSA) is 74.2 Å². The van der Waals surface area contributed by atoms with Gasteiger partial charge in [0.1, 0.15) is 11.8 Å². The van der Waals surface area contributed by atoms with Crippen molar-refractivity contribution in [2.45, 2.75) is 26.3 Å². The molecule has 96 valence electrons. The smallest absolute Gasteiger partial charge is 0.319 e. The highest BCUT2D eigenvalue weighted by atomic mass is 16.5. The van der Waals surface area contributed by atoms with E-state index < -0.39 is 0 Å². The molecule has 5 nitrogen and oxygen atoms in total. The fraction of sp³-hybridized carbons (Fsp3) is 0.385. The van der Waals surface area contributed by atoms with Gasteiger partial charge in [-0.3, -0.25) is 0 Å². The minimum Gasteiger partial charge on any atom is -0.479 e. The lowest BCUT2D eigenvalue weighted by atomic mass is 10.2. The second-order valence-corrected chi connectivity index (χ2v) is 3.88. The molecule has 1 rings (SSSR count). The Morgan fingerprint density at radius 2 is 2.33 bits per heavy atom.